The van der Waals surface area contributed by atoms with Gasteiger partial charge < -0.3 is 9.47 Å². The Labute approximate surface area is 223 Å². The molecule has 1 aliphatic rings. The van der Waals surface area contributed by atoms with Gasteiger partial charge in [0.2, 0.25) is 5.75 Å². The summed E-state index contributed by atoms with van der Waals surface area (Å²) < 4.78 is 64.1. The number of alkyl halides is 3. The number of halogens is 4. The zero-order valence-corrected chi connectivity index (χ0v) is 20.8. The molecule has 2 amide bonds. The van der Waals surface area contributed by atoms with Crippen LogP contribution in [0.2, 0.25) is 0 Å². The summed E-state index contributed by atoms with van der Waals surface area (Å²) in [5.41, 5.74) is -1.51. The van der Waals surface area contributed by atoms with E-state index in [4.69, 9.17) is 9.47 Å². The highest BCUT2D eigenvalue weighted by Crippen LogP contribution is 2.41. The number of carbonyl (C=O) groups is 2. The molecule has 1 aliphatic heterocycles. The molecule has 1 fully saturated rings. The molecule has 0 atom stereocenters. The predicted molar refractivity (Wildman–Crippen MR) is 134 cm³/mol. The highest BCUT2D eigenvalue weighted by atomic mass is 32.2. The summed E-state index contributed by atoms with van der Waals surface area (Å²) in [6, 6.07) is 11.9. The van der Waals surface area contributed by atoms with Crippen molar-refractivity contribution in [1.82, 2.24) is 4.90 Å². The lowest BCUT2D eigenvalue weighted by atomic mass is 10.1. The summed E-state index contributed by atoms with van der Waals surface area (Å²) in [6.07, 6.45) is -3.37. The molecular weight excluding hydrogens is 544 g/mol. The molecule has 3 aromatic carbocycles. The number of nitro benzene ring substituents is 1. The molecule has 13 heteroatoms. The molecule has 3 aromatic rings. The highest BCUT2D eigenvalue weighted by Gasteiger charge is 2.36. The molecule has 0 bridgehead atoms. The molecular formula is C26H18F4N2O6S. The third-order valence-corrected chi connectivity index (χ3v) is 6.34. The van der Waals surface area contributed by atoms with Crippen LogP contribution in [0.3, 0.4) is 0 Å². The van der Waals surface area contributed by atoms with E-state index in [1.165, 1.54) is 42.5 Å². The van der Waals surface area contributed by atoms with Crippen LogP contribution >= 0.6 is 11.8 Å². The van der Waals surface area contributed by atoms with Crippen molar-refractivity contribution in [2.45, 2.75) is 19.6 Å². The number of carbonyl (C=O) groups excluding carboxylic acids is 2. The number of ether oxygens (including phenoxy) is 2. The Morgan fingerprint density at radius 1 is 1.03 bits per heavy atom. The molecule has 0 N–H and O–H groups in total. The van der Waals surface area contributed by atoms with Gasteiger partial charge in [-0.05, 0) is 60.7 Å². The van der Waals surface area contributed by atoms with Crippen molar-refractivity contribution in [2.75, 3.05) is 6.61 Å². The quantitative estimate of drug-likeness (QED) is 0.124. The Bertz CT molecular complexity index is 1490. The Hall–Kier alpha value is -4.39. The minimum absolute atomic E-state index is 0.0236. The molecule has 0 saturated carbocycles. The topological polar surface area (TPSA) is 99.0 Å². The minimum atomic E-state index is -4.78. The van der Waals surface area contributed by atoms with Crippen molar-refractivity contribution < 1.29 is 41.5 Å². The van der Waals surface area contributed by atoms with Crippen molar-refractivity contribution in [3.63, 3.8) is 0 Å². The van der Waals surface area contributed by atoms with Crippen LogP contribution in [0, 0.1) is 15.9 Å². The zero-order valence-electron chi connectivity index (χ0n) is 20.0. The van der Waals surface area contributed by atoms with Gasteiger partial charge in [0.05, 0.1) is 28.5 Å². The number of imide groups is 1. The second-order valence-electron chi connectivity index (χ2n) is 8.04. The summed E-state index contributed by atoms with van der Waals surface area (Å²) in [5.74, 6) is -1.54. The number of thioether (sulfide) groups is 1. The van der Waals surface area contributed by atoms with Crippen LogP contribution in [-0.4, -0.2) is 27.6 Å². The van der Waals surface area contributed by atoms with Crippen LogP contribution in [0.4, 0.5) is 28.0 Å². The SMILES string of the molecule is CCOc1cc(/C=C2/SC(=O)N(Cc3ccccc3F)C2=O)ccc1Oc1ccc(C(F)(F)F)cc1[N+](=O)[O-]. The lowest BCUT2D eigenvalue weighted by Gasteiger charge is -2.14. The number of rotatable bonds is 8. The number of benzene rings is 3. The Kier molecular flexibility index (Phi) is 7.90. The monoisotopic (exact) mass is 562 g/mol. The van der Waals surface area contributed by atoms with E-state index < -0.39 is 45.1 Å². The first-order valence-electron chi connectivity index (χ1n) is 11.3. The minimum Gasteiger partial charge on any atom is -0.490 e. The van der Waals surface area contributed by atoms with E-state index in [0.717, 1.165) is 11.0 Å². The second-order valence-corrected chi connectivity index (χ2v) is 9.03. The van der Waals surface area contributed by atoms with Gasteiger partial charge in [-0.25, -0.2) is 4.39 Å². The smallest absolute Gasteiger partial charge is 0.416 e. The van der Waals surface area contributed by atoms with Crippen LogP contribution in [0.25, 0.3) is 6.08 Å². The molecule has 4 rings (SSSR count). The van der Waals surface area contributed by atoms with Crippen LogP contribution in [-0.2, 0) is 17.5 Å². The fourth-order valence-electron chi connectivity index (χ4n) is 3.59. The maximum Gasteiger partial charge on any atom is 0.416 e. The van der Waals surface area contributed by atoms with E-state index in [2.05, 4.69) is 0 Å². The molecule has 0 radical (unpaired) electrons. The summed E-state index contributed by atoms with van der Waals surface area (Å²) in [6.45, 7) is 1.57. The first kappa shape index (κ1) is 27.6. The van der Waals surface area contributed by atoms with E-state index in [0.29, 0.717) is 29.5 Å². The van der Waals surface area contributed by atoms with Gasteiger partial charge in [-0.1, -0.05) is 24.3 Å². The standard InChI is InChI=1S/C26H18F4N2O6S/c1-2-37-22-11-15(12-23-24(33)31(25(34)39-23)14-16-5-3-4-6-18(16)27)7-9-21(22)38-20-10-8-17(26(28,29)30)13-19(20)32(35)36/h3-13H,2,14H2,1H3/b23-12+. The van der Waals surface area contributed by atoms with Crippen molar-refractivity contribution in [1.29, 1.82) is 0 Å². The van der Waals surface area contributed by atoms with E-state index in [-0.39, 0.29) is 35.1 Å². The van der Waals surface area contributed by atoms with Gasteiger partial charge in [0, 0.05) is 11.6 Å². The summed E-state index contributed by atoms with van der Waals surface area (Å²) in [7, 11) is 0. The molecule has 39 heavy (non-hydrogen) atoms. The maximum atomic E-state index is 14.0. The largest absolute Gasteiger partial charge is 0.490 e. The number of hydrogen-bond donors (Lipinski definition) is 0. The molecule has 1 saturated heterocycles. The summed E-state index contributed by atoms with van der Waals surface area (Å²) in [5, 5.41) is 10.8. The van der Waals surface area contributed by atoms with Gasteiger partial charge in [0.15, 0.2) is 11.5 Å². The van der Waals surface area contributed by atoms with E-state index in [1.807, 2.05) is 0 Å². The van der Waals surface area contributed by atoms with Crippen LogP contribution < -0.4 is 9.47 Å². The van der Waals surface area contributed by atoms with Crippen LogP contribution in [0.5, 0.6) is 17.2 Å². The number of hydrogen-bond acceptors (Lipinski definition) is 7. The van der Waals surface area contributed by atoms with E-state index in [9.17, 15) is 37.3 Å². The lowest BCUT2D eigenvalue weighted by molar-refractivity contribution is -0.385. The van der Waals surface area contributed by atoms with E-state index in [1.54, 1.807) is 13.0 Å². The summed E-state index contributed by atoms with van der Waals surface area (Å²) in [4.78, 5) is 36.7. The van der Waals surface area contributed by atoms with E-state index >= 15 is 0 Å². The normalized spacial score (nSPS) is 14.7. The van der Waals surface area contributed by atoms with Crippen molar-refractivity contribution in [3.05, 3.63) is 98.2 Å². The average Bonchev–Trinajstić information content (AvgIpc) is 3.13. The second kappa shape index (κ2) is 11.2. The molecule has 8 nitrogen and oxygen atoms in total. The Morgan fingerprint density at radius 3 is 2.41 bits per heavy atom. The number of nitrogens with zero attached hydrogens (tertiary/aromatic N) is 2. The van der Waals surface area contributed by atoms with Gasteiger partial charge in [0.25, 0.3) is 11.1 Å². The molecule has 0 aliphatic carbocycles. The highest BCUT2D eigenvalue weighted by molar-refractivity contribution is 8.18. The fourth-order valence-corrected chi connectivity index (χ4v) is 4.43. The maximum absolute atomic E-state index is 14.0. The number of nitro groups is 1. The Morgan fingerprint density at radius 2 is 1.74 bits per heavy atom. The van der Waals surface area contributed by atoms with Crippen molar-refractivity contribution in [3.8, 4) is 17.2 Å². The van der Waals surface area contributed by atoms with Gasteiger partial charge in [-0.15, -0.1) is 0 Å². The lowest BCUT2D eigenvalue weighted by Crippen LogP contribution is -2.27. The van der Waals surface area contributed by atoms with Gasteiger partial charge >= 0.3 is 11.9 Å². The summed E-state index contributed by atoms with van der Waals surface area (Å²) >= 11 is 0.673. The van der Waals surface area contributed by atoms with Gasteiger partial charge in [-0.2, -0.15) is 13.2 Å². The molecule has 202 valence electrons. The fraction of sp³-hybridized carbons (Fsp3) is 0.154. The third-order valence-electron chi connectivity index (χ3n) is 5.43. The first-order chi connectivity index (χ1) is 18.5. The first-order valence-corrected chi connectivity index (χ1v) is 12.1. The molecule has 0 spiro atoms. The molecule has 0 unspecified atom stereocenters. The van der Waals surface area contributed by atoms with Crippen molar-refractivity contribution in [2.24, 2.45) is 0 Å². The Balaban J connectivity index is 1.60. The predicted octanol–water partition coefficient (Wildman–Crippen LogP) is 7.18. The average molecular weight is 562 g/mol. The van der Waals surface area contributed by atoms with Crippen LogP contribution in [0.1, 0.15) is 23.6 Å². The number of amides is 2. The van der Waals surface area contributed by atoms with Gasteiger partial charge in [0.1, 0.15) is 5.82 Å². The van der Waals surface area contributed by atoms with Crippen molar-refractivity contribution >= 4 is 34.7 Å². The van der Waals surface area contributed by atoms with Crippen LogP contribution in [0.15, 0.2) is 65.6 Å². The zero-order chi connectivity index (χ0) is 28.3. The molecule has 1 heterocycles. The third kappa shape index (κ3) is 6.20. The van der Waals surface area contributed by atoms with Gasteiger partial charge in [-0.3, -0.25) is 24.6 Å². The molecule has 0 aromatic heterocycles.